The summed E-state index contributed by atoms with van der Waals surface area (Å²) in [5, 5.41) is 4.96. The number of nitrogens with zero attached hydrogens (tertiary/aromatic N) is 1. The molecule has 0 spiro atoms. The molecule has 1 heterocycles. The van der Waals surface area contributed by atoms with E-state index >= 15 is 0 Å². The maximum Gasteiger partial charge on any atom is 0.322 e. The number of anilines is 1. The van der Waals surface area contributed by atoms with Gasteiger partial charge in [-0.05, 0) is 36.1 Å². The summed E-state index contributed by atoms with van der Waals surface area (Å²) in [5.41, 5.74) is 1.77. The Bertz CT molecular complexity index is 631. The van der Waals surface area contributed by atoms with Crippen molar-refractivity contribution in [1.29, 1.82) is 0 Å². The van der Waals surface area contributed by atoms with Gasteiger partial charge >= 0.3 is 6.03 Å². The number of carbonyl (C=O) groups is 1. The minimum absolute atomic E-state index is 0.0329. The van der Waals surface area contributed by atoms with Gasteiger partial charge in [0.25, 0.3) is 0 Å². The largest absolute Gasteiger partial charge is 0.382 e. The van der Waals surface area contributed by atoms with Crippen LogP contribution in [-0.2, 0) is 16.1 Å². The van der Waals surface area contributed by atoms with E-state index in [0.29, 0.717) is 19.8 Å². The van der Waals surface area contributed by atoms with Crippen LogP contribution in [0.1, 0.15) is 23.4 Å². The van der Waals surface area contributed by atoms with E-state index in [-0.39, 0.29) is 12.1 Å². The zero-order chi connectivity index (χ0) is 17.4. The summed E-state index contributed by atoms with van der Waals surface area (Å²) in [6, 6.07) is 11.6. The van der Waals surface area contributed by atoms with Crippen LogP contribution in [0.15, 0.2) is 41.8 Å². The molecule has 1 atom stereocenters. The van der Waals surface area contributed by atoms with E-state index in [2.05, 4.69) is 5.32 Å². The second-order valence-corrected chi connectivity index (χ2v) is 6.46. The van der Waals surface area contributed by atoms with E-state index in [0.717, 1.165) is 16.1 Å². The molecule has 6 heteroatoms. The molecular weight excluding hydrogens is 324 g/mol. The van der Waals surface area contributed by atoms with Crippen molar-refractivity contribution in [3.8, 4) is 0 Å². The normalized spacial score (nSPS) is 12.0. The van der Waals surface area contributed by atoms with Crippen LogP contribution in [0.5, 0.6) is 0 Å². The Morgan fingerprint density at radius 1 is 1.29 bits per heavy atom. The van der Waals surface area contributed by atoms with Crippen LogP contribution in [0.25, 0.3) is 0 Å². The van der Waals surface area contributed by atoms with Gasteiger partial charge in [-0.3, -0.25) is 0 Å². The molecule has 0 bridgehead atoms. The number of nitrogens with one attached hydrogen (secondary N) is 1. The number of hydrogen-bond acceptors (Lipinski definition) is 4. The third kappa shape index (κ3) is 5.33. The van der Waals surface area contributed by atoms with E-state index in [1.165, 1.54) is 0 Å². The van der Waals surface area contributed by atoms with Gasteiger partial charge in [-0.15, -0.1) is 11.3 Å². The van der Waals surface area contributed by atoms with Gasteiger partial charge in [0, 0.05) is 24.7 Å². The van der Waals surface area contributed by atoms with Crippen molar-refractivity contribution < 1.29 is 14.3 Å². The topological polar surface area (TPSA) is 50.8 Å². The third-order valence-corrected chi connectivity index (χ3v) is 4.78. The summed E-state index contributed by atoms with van der Waals surface area (Å²) in [6.07, 6.45) is 0. The molecular formula is C18H24N2O3S. The number of thiophene rings is 1. The molecule has 0 saturated heterocycles. The molecule has 1 unspecified atom stereocenters. The fourth-order valence-electron chi connectivity index (χ4n) is 2.18. The highest BCUT2D eigenvalue weighted by Crippen LogP contribution is 2.24. The van der Waals surface area contributed by atoms with Crippen LogP contribution in [0.3, 0.4) is 0 Å². The maximum absolute atomic E-state index is 12.4. The molecule has 24 heavy (non-hydrogen) atoms. The number of urea groups is 1. The fraction of sp³-hybridized carbons (Fsp3) is 0.389. The number of methoxy groups -OCH3 is 1. The van der Waals surface area contributed by atoms with Crippen LogP contribution in [-0.4, -0.2) is 38.3 Å². The van der Waals surface area contributed by atoms with Crippen molar-refractivity contribution >= 4 is 23.1 Å². The van der Waals surface area contributed by atoms with E-state index in [9.17, 15) is 4.79 Å². The molecule has 1 aromatic carbocycles. The number of benzene rings is 1. The average Bonchev–Trinajstić information content (AvgIpc) is 3.12. The summed E-state index contributed by atoms with van der Waals surface area (Å²) in [5.74, 6) is 0. The summed E-state index contributed by atoms with van der Waals surface area (Å²) >= 11 is 1.65. The average molecular weight is 348 g/mol. The van der Waals surface area contributed by atoms with Crippen LogP contribution in [0, 0.1) is 0 Å². The van der Waals surface area contributed by atoms with Crippen molar-refractivity contribution in [1.82, 2.24) is 4.90 Å². The highest BCUT2D eigenvalue weighted by atomic mass is 32.1. The smallest absolute Gasteiger partial charge is 0.322 e. The Kier molecular flexibility index (Phi) is 7.24. The van der Waals surface area contributed by atoms with Crippen molar-refractivity contribution in [2.24, 2.45) is 0 Å². The zero-order valence-electron chi connectivity index (χ0n) is 14.3. The molecule has 0 fully saturated rings. The number of hydrogen-bond donors (Lipinski definition) is 1. The zero-order valence-corrected chi connectivity index (χ0v) is 15.1. The number of amides is 2. The fourth-order valence-corrected chi connectivity index (χ4v) is 3.00. The van der Waals surface area contributed by atoms with Gasteiger partial charge in [0.2, 0.25) is 0 Å². The van der Waals surface area contributed by atoms with Crippen molar-refractivity contribution in [2.75, 3.05) is 32.7 Å². The maximum atomic E-state index is 12.4. The lowest BCUT2D eigenvalue weighted by molar-refractivity contribution is 0.0617. The monoisotopic (exact) mass is 348 g/mol. The number of ether oxygens (including phenoxy) is 2. The quantitative estimate of drug-likeness (QED) is 0.730. The van der Waals surface area contributed by atoms with Gasteiger partial charge in [0.15, 0.2) is 0 Å². The predicted octanol–water partition coefficient (Wildman–Crippen LogP) is 4.14. The Morgan fingerprint density at radius 3 is 2.83 bits per heavy atom. The molecule has 1 aromatic heterocycles. The molecule has 5 nitrogen and oxygen atoms in total. The van der Waals surface area contributed by atoms with Gasteiger partial charge in [-0.25, -0.2) is 4.79 Å². The molecule has 0 aliphatic heterocycles. The molecule has 1 N–H and O–H groups in total. The molecule has 0 saturated carbocycles. The molecule has 2 amide bonds. The standard InChI is InChI=1S/C18H24N2O3S/c1-14(17-8-5-11-24-17)20(2)18(21)19-16-7-4-6-15(12-16)13-23-10-9-22-3/h4-8,11-12,14H,9-10,13H2,1-3H3,(H,19,21). The van der Waals surface area contributed by atoms with Crippen LogP contribution in [0.2, 0.25) is 0 Å². The van der Waals surface area contributed by atoms with Crippen LogP contribution < -0.4 is 5.32 Å². The van der Waals surface area contributed by atoms with Crippen molar-refractivity contribution in [2.45, 2.75) is 19.6 Å². The third-order valence-electron chi connectivity index (χ3n) is 3.74. The van der Waals surface area contributed by atoms with Gasteiger partial charge in [-0.1, -0.05) is 18.2 Å². The first kappa shape index (κ1) is 18.4. The van der Waals surface area contributed by atoms with Crippen molar-refractivity contribution in [3.63, 3.8) is 0 Å². The van der Waals surface area contributed by atoms with E-state index in [1.807, 2.05) is 48.7 Å². The van der Waals surface area contributed by atoms with Gasteiger partial charge in [0.1, 0.15) is 0 Å². The molecule has 0 aliphatic rings. The Balaban J connectivity index is 1.91. The lowest BCUT2D eigenvalue weighted by Gasteiger charge is -2.24. The van der Waals surface area contributed by atoms with Crippen LogP contribution >= 0.6 is 11.3 Å². The Labute approximate surface area is 147 Å². The molecule has 0 aliphatic carbocycles. The van der Waals surface area contributed by atoms with E-state index in [1.54, 1.807) is 30.4 Å². The Hall–Kier alpha value is -1.89. The Morgan fingerprint density at radius 2 is 2.12 bits per heavy atom. The molecule has 2 aromatic rings. The van der Waals surface area contributed by atoms with E-state index < -0.39 is 0 Å². The van der Waals surface area contributed by atoms with Gasteiger partial charge < -0.3 is 19.7 Å². The van der Waals surface area contributed by atoms with E-state index in [4.69, 9.17) is 9.47 Å². The van der Waals surface area contributed by atoms with Crippen molar-refractivity contribution in [3.05, 3.63) is 52.2 Å². The summed E-state index contributed by atoms with van der Waals surface area (Å²) in [6.45, 7) is 3.63. The minimum atomic E-state index is -0.131. The predicted molar refractivity (Wildman–Crippen MR) is 97.5 cm³/mol. The van der Waals surface area contributed by atoms with Crippen LogP contribution in [0.4, 0.5) is 10.5 Å². The summed E-state index contributed by atoms with van der Waals surface area (Å²) in [4.78, 5) is 15.3. The summed E-state index contributed by atoms with van der Waals surface area (Å²) in [7, 11) is 3.45. The summed E-state index contributed by atoms with van der Waals surface area (Å²) < 4.78 is 10.5. The highest BCUT2D eigenvalue weighted by Gasteiger charge is 2.18. The SMILES string of the molecule is COCCOCc1cccc(NC(=O)N(C)C(C)c2cccs2)c1. The van der Waals surface area contributed by atoms with Gasteiger partial charge in [-0.2, -0.15) is 0 Å². The molecule has 2 rings (SSSR count). The molecule has 0 radical (unpaired) electrons. The second kappa shape index (κ2) is 9.42. The molecule has 130 valence electrons. The van der Waals surface area contributed by atoms with Gasteiger partial charge in [0.05, 0.1) is 25.9 Å². The first-order valence-corrected chi connectivity index (χ1v) is 8.72. The highest BCUT2D eigenvalue weighted by molar-refractivity contribution is 7.10. The minimum Gasteiger partial charge on any atom is -0.382 e. The lowest BCUT2D eigenvalue weighted by Crippen LogP contribution is -2.33. The lowest BCUT2D eigenvalue weighted by atomic mass is 10.2. The first-order chi connectivity index (χ1) is 11.6. The second-order valence-electron chi connectivity index (χ2n) is 5.48. The first-order valence-electron chi connectivity index (χ1n) is 7.84. The number of carbonyl (C=O) groups excluding carboxylic acids is 1. The number of rotatable bonds is 8.